The largest absolute Gasteiger partial charge is 0.415 e. The molecule has 220 valence electrons. The normalized spacial score (nSPS) is 24.9. The van der Waals surface area contributed by atoms with Crippen molar-refractivity contribution in [2.24, 2.45) is 18.9 Å². The Hall–Kier alpha value is -3.69. The number of rotatable bonds is 10. The molecule has 0 bridgehead atoms. The first kappa shape index (κ1) is 27.5. The van der Waals surface area contributed by atoms with Gasteiger partial charge in [0.25, 0.3) is 5.91 Å². The van der Waals surface area contributed by atoms with E-state index >= 15 is 0 Å². The lowest BCUT2D eigenvalue weighted by molar-refractivity contribution is -0.124. The molecule has 3 atom stereocenters. The van der Waals surface area contributed by atoms with Crippen molar-refractivity contribution in [3.05, 3.63) is 28.4 Å². The van der Waals surface area contributed by atoms with E-state index in [4.69, 9.17) is 0 Å². The molecule has 3 aliphatic rings. The summed E-state index contributed by atoms with van der Waals surface area (Å²) in [5, 5.41) is 21.2. The number of anilines is 3. The molecule has 3 aliphatic carbocycles. The molecule has 2 saturated carbocycles. The maximum absolute atomic E-state index is 13.4. The number of amides is 2. The number of nitrogens with zero attached hydrogens (tertiary/aromatic N) is 5. The van der Waals surface area contributed by atoms with Crippen molar-refractivity contribution in [1.82, 2.24) is 29.9 Å². The third-order valence-electron chi connectivity index (χ3n) is 7.78. The molecule has 11 nitrogen and oxygen atoms in total. The summed E-state index contributed by atoms with van der Waals surface area (Å²) in [7, 11) is 1.56. The van der Waals surface area contributed by atoms with Gasteiger partial charge in [-0.25, -0.2) is 13.5 Å². The highest BCUT2D eigenvalue weighted by atomic mass is 32.1. The van der Waals surface area contributed by atoms with Gasteiger partial charge in [-0.3, -0.25) is 14.2 Å². The number of hydrogen-bond acceptors (Lipinski definition) is 8. The van der Waals surface area contributed by atoms with E-state index in [9.17, 15) is 27.2 Å². The maximum atomic E-state index is 13.4. The molecule has 0 radical (unpaired) electrons. The van der Waals surface area contributed by atoms with Crippen LogP contribution in [0, 0.1) is 11.8 Å². The summed E-state index contributed by atoms with van der Waals surface area (Å²) >= 11 is 1.33. The van der Waals surface area contributed by atoms with Crippen LogP contribution in [0.3, 0.4) is 0 Å². The number of halogens is 4. The second-order valence-corrected chi connectivity index (χ2v) is 11.7. The van der Waals surface area contributed by atoms with Gasteiger partial charge in [0.05, 0.1) is 5.56 Å². The van der Waals surface area contributed by atoms with E-state index in [1.165, 1.54) is 28.4 Å². The van der Waals surface area contributed by atoms with Crippen molar-refractivity contribution in [2.45, 2.75) is 63.5 Å². The molecule has 6 rings (SSSR count). The second-order valence-electron chi connectivity index (χ2n) is 10.6. The van der Waals surface area contributed by atoms with Crippen LogP contribution in [0.25, 0.3) is 0 Å². The van der Waals surface area contributed by atoms with Crippen LogP contribution in [0.5, 0.6) is 5.88 Å². The first-order valence-corrected chi connectivity index (χ1v) is 14.1. The molecule has 0 spiro atoms. The molecular weight excluding hydrogens is 568 g/mol. The van der Waals surface area contributed by atoms with Crippen molar-refractivity contribution in [2.75, 3.05) is 17.2 Å². The van der Waals surface area contributed by atoms with E-state index in [0.29, 0.717) is 48.0 Å². The van der Waals surface area contributed by atoms with Crippen LogP contribution in [0.15, 0.2) is 12.4 Å². The van der Waals surface area contributed by atoms with E-state index in [1.807, 2.05) is 0 Å². The summed E-state index contributed by atoms with van der Waals surface area (Å²) in [6.45, 7) is -2.81. The number of ether oxygens (including phenoxy) is 1. The molecular formula is C25H28F4N8O3S. The first-order chi connectivity index (χ1) is 19.7. The summed E-state index contributed by atoms with van der Waals surface area (Å²) in [5.74, 6) is -0.909. The Morgan fingerprint density at radius 3 is 2.73 bits per heavy atom. The average Bonchev–Trinajstić information content (AvgIpc) is 3.21. The third kappa shape index (κ3) is 5.74. The van der Waals surface area contributed by atoms with Crippen LogP contribution in [0.1, 0.15) is 52.5 Å². The van der Waals surface area contributed by atoms with Crippen LogP contribution in [-0.2, 0) is 24.7 Å². The summed E-state index contributed by atoms with van der Waals surface area (Å²) in [6, 6.07) is 1.14. The molecule has 2 fully saturated rings. The van der Waals surface area contributed by atoms with Gasteiger partial charge in [-0.05, 0) is 44.1 Å². The Bertz CT molecular complexity index is 1450. The van der Waals surface area contributed by atoms with E-state index < -0.39 is 30.8 Å². The zero-order valence-corrected chi connectivity index (χ0v) is 22.8. The Kier molecular flexibility index (Phi) is 7.34. The van der Waals surface area contributed by atoms with Gasteiger partial charge in [-0.1, -0.05) is 0 Å². The summed E-state index contributed by atoms with van der Waals surface area (Å²) in [5.41, 5.74) is 1.12. The lowest BCUT2D eigenvalue weighted by atomic mass is 9.83. The summed E-state index contributed by atoms with van der Waals surface area (Å²) < 4.78 is 59.5. The number of alkyl halides is 4. The summed E-state index contributed by atoms with van der Waals surface area (Å²) in [4.78, 5) is 27.1. The molecule has 3 aromatic rings. The average molecular weight is 597 g/mol. The zero-order valence-electron chi connectivity index (χ0n) is 21.9. The van der Waals surface area contributed by atoms with Crippen LogP contribution in [0.4, 0.5) is 34.3 Å². The number of aryl methyl sites for hydroxylation is 2. The van der Waals surface area contributed by atoms with E-state index in [1.54, 1.807) is 11.6 Å². The van der Waals surface area contributed by atoms with Gasteiger partial charge in [0, 0.05) is 42.4 Å². The first-order valence-electron chi connectivity index (χ1n) is 13.3. The minimum Gasteiger partial charge on any atom is -0.415 e. The number of thiophene rings is 1. The zero-order chi connectivity index (χ0) is 28.8. The fourth-order valence-electron chi connectivity index (χ4n) is 5.26. The van der Waals surface area contributed by atoms with Crippen molar-refractivity contribution in [3.63, 3.8) is 0 Å². The number of carbonyl (C=O) groups excluding carboxylic acids is 2. The smallest absolute Gasteiger partial charge is 0.388 e. The monoisotopic (exact) mass is 596 g/mol. The lowest BCUT2D eigenvalue weighted by Gasteiger charge is -2.28. The van der Waals surface area contributed by atoms with E-state index in [-0.39, 0.29) is 43.1 Å². The molecule has 0 aromatic carbocycles. The number of carbonyl (C=O) groups is 2. The van der Waals surface area contributed by atoms with Gasteiger partial charge < -0.3 is 20.7 Å². The van der Waals surface area contributed by atoms with Crippen LogP contribution in [0.2, 0.25) is 0 Å². The third-order valence-corrected chi connectivity index (χ3v) is 8.99. The quantitative estimate of drug-likeness (QED) is 0.303. The van der Waals surface area contributed by atoms with Gasteiger partial charge >= 0.3 is 6.61 Å². The van der Waals surface area contributed by atoms with Crippen LogP contribution < -0.4 is 20.7 Å². The number of nitrogens with one attached hydrogen (secondary N) is 3. The highest BCUT2D eigenvalue weighted by Gasteiger charge is 2.39. The van der Waals surface area contributed by atoms with Crippen LogP contribution in [-0.4, -0.2) is 61.9 Å². The Morgan fingerprint density at radius 2 is 2.02 bits per heavy atom. The number of fused-ring (bicyclic) bond motifs is 1. The molecule has 0 saturated heterocycles. The standard InChI is InChI=1S/C25H28F4N8O3S/c1-36-18(8-19(35-36)40-24(28)29)32-25-34-31-10-37(25)14-2-3-17-15(7-14)20(22(39)30-9-12-6-16(12)27)23(41-17)33-21(38)11-4-13(26)5-11/h8,10-14,16,24H,2-7,9H2,1H3,(H,30,39)(H,32,34)(H,33,38)/t11-,12-,13-,14+,16-/m1/s1. The molecule has 41 heavy (non-hydrogen) atoms. The number of hydrogen-bond donors (Lipinski definition) is 3. The molecule has 3 aromatic heterocycles. The van der Waals surface area contributed by atoms with Gasteiger partial charge in [0.1, 0.15) is 29.5 Å². The van der Waals surface area contributed by atoms with Gasteiger partial charge in [-0.2, -0.15) is 8.78 Å². The Morgan fingerprint density at radius 1 is 1.24 bits per heavy atom. The predicted molar refractivity (Wildman–Crippen MR) is 140 cm³/mol. The lowest BCUT2D eigenvalue weighted by Crippen LogP contribution is -2.36. The molecule has 0 aliphatic heterocycles. The van der Waals surface area contributed by atoms with E-state index in [2.05, 4.69) is 36.0 Å². The van der Waals surface area contributed by atoms with Crippen molar-refractivity contribution in [3.8, 4) is 5.88 Å². The van der Waals surface area contributed by atoms with Crippen LogP contribution >= 0.6 is 11.3 Å². The molecule has 3 heterocycles. The highest BCUT2D eigenvalue weighted by molar-refractivity contribution is 7.17. The van der Waals surface area contributed by atoms with Gasteiger partial charge in [0.15, 0.2) is 0 Å². The van der Waals surface area contributed by atoms with Crippen molar-refractivity contribution >= 4 is 39.9 Å². The van der Waals surface area contributed by atoms with Gasteiger partial charge in [0.2, 0.25) is 17.7 Å². The highest BCUT2D eigenvalue weighted by Crippen LogP contribution is 2.43. The van der Waals surface area contributed by atoms with Crippen molar-refractivity contribution in [1.29, 1.82) is 0 Å². The van der Waals surface area contributed by atoms with Gasteiger partial charge in [-0.15, -0.1) is 26.6 Å². The van der Waals surface area contributed by atoms with E-state index in [0.717, 1.165) is 10.4 Å². The minimum absolute atomic E-state index is 0.163. The summed E-state index contributed by atoms with van der Waals surface area (Å²) in [6.07, 6.45) is 2.09. The minimum atomic E-state index is -3.01. The fourth-order valence-corrected chi connectivity index (χ4v) is 6.51. The topological polar surface area (TPSA) is 128 Å². The SMILES string of the molecule is Cn1nc(OC(F)F)cc1Nc1nncn1[C@H]1CCc2sc(NC(=O)[C@H]3C[C@H](F)C3)c(C(=O)NC[C@H]3C[C@H]3F)c2C1. The molecule has 16 heteroatoms. The second kappa shape index (κ2) is 10.9. The molecule has 3 N–H and O–H groups in total. The Balaban J connectivity index is 1.23. The predicted octanol–water partition coefficient (Wildman–Crippen LogP) is 3.92. The fraction of sp³-hybridized carbons (Fsp3) is 0.560. The molecule has 0 unspecified atom stereocenters. The maximum Gasteiger partial charge on any atom is 0.388 e. The number of aromatic nitrogens is 5. The molecule has 2 amide bonds. The van der Waals surface area contributed by atoms with Crippen molar-refractivity contribution < 1.29 is 31.9 Å². The Labute approximate surface area is 235 Å².